The molecule has 0 radical (unpaired) electrons. The number of alkyl halides is 16. The number of hydrogen-bond acceptors (Lipinski definition) is 2. The van der Waals surface area contributed by atoms with Crippen molar-refractivity contribution in [2.45, 2.75) is 42.0 Å². The van der Waals surface area contributed by atoms with Crippen molar-refractivity contribution in [3.63, 3.8) is 0 Å². The molecule has 1 atom stereocenters. The molecule has 1 aromatic heterocycles. The fourth-order valence-electron chi connectivity index (χ4n) is 1.92. The molecular weight excluding hydrogens is 502 g/mol. The Balaban J connectivity index is 4.06. The molecular formula is C11F18N2. The van der Waals surface area contributed by atoms with E-state index < -0.39 is 65.2 Å². The Hall–Kier alpha value is -2.18. The van der Waals surface area contributed by atoms with Gasteiger partial charge in [0.25, 0.3) is 0 Å². The number of rotatable bonds is 3. The smallest absolute Gasteiger partial charge is 0.219 e. The number of aromatic nitrogens is 2. The van der Waals surface area contributed by atoms with E-state index in [1.54, 1.807) is 0 Å². The van der Waals surface area contributed by atoms with E-state index in [-0.39, 0.29) is 0 Å². The van der Waals surface area contributed by atoms with Gasteiger partial charge >= 0.3 is 42.0 Å². The average molecular weight is 502 g/mol. The minimum absolute atomic E-state index is 1.06. The second kappa shape index (κ2) is 6.91. The van der Waals surface area contributed by atoms with Crippen molar-refractivity contribution in [2.75, 3.05) is 0 Å². The summed E-state index contributed by atoms with van der Waals surface area (Å²) in [5, 5.41) is 0. The Morgan fingerprint density at radius 2 is 0.645 bits per heavy atom. The first-order valence-corrected chi connectivity index (χ1v) is 6.55. The van der Waals surface area contributed by atoms with Crippen molar-refractivity contribution in [1.82, 2.24) is 9.97 Å². The van der Waals surface area contributed by atoms with Crippen molar-refractivity contribution >= 4 is 0 Å². The summed E-state index contributed by atoms with van der Waals surface area (Å²) in [4.78, 5) is 2.16. The third-order valence-electron chi connectivity index (χ3n) is 3.42. The second-order valence-corrected chi connectivity index (χ2v) is 5.38. The van der Waals surface area contributed by atoms with E-state index in [1.807, 2.05) is 0 Å². The van der Waals surface area contributed by atoms with Gasteiger partial charge in [-0.25, -0.2) is 18.7 Å². The molecule has 20 heteroatoms. The van der Waals surface area contributed by atoms with Crippen molar-refractivity contribution in [2.24, 2.45) is 0 Å². The highest BCUT2D eigenvalue weighted by molar-refractivity contribution is 5.26. The molecule has 31 heavy (non-hydrogen) atoms. The topological polar surface area (TPSA) is 25.8 Å². The maximum Gasteiger partial charge on any atom is 0.457 e. The van der Waals surface area contributed by atoms with E-state index in [0.29, 0.717) is 0 Å². The minimum atomic E-state index is -7.73. The van der Waals surface area contributed by atoms with Crippen LogP contribution in [0.2, 0.25) is 0 Å². The van der Waals surface area contributed by atoms with Gasteiger partial charge in [0.15, 0.2) is 11.4 Å². The number of nitrogens with zero attached hydrogens (tertiary/aromatic N) is 2. The van der Waals surface area contributed by atoms with Crippen LogP contribution in [0, 0.1) is 11.9 Å². The van der Waals surface area contributed by atoms with Crippen LogP contribution >= 0.6 is 0 Å². The molecule has 0 saturated heterocycles. The Labute approximate surface area is 155 Å². The van der Waals surface area contributed by atoms with Gasteiger partial charge in [-0.05, 0) is 0 Å². The molecule has 0 aliphatic heterocycles. The van der Waals surface area contributed by atoms with Crippen LogP contribution < -0.4 is 0 Å². The summed E-state index contributed by atoms with van der Waals surface area (Å²) in [6.07, 6.45) is -29.7. The van der Waals surface area contributed by atoms with Gasteiger partial charge in [-0.15, -0.1) is 0 Å². The fourth-order valence-corrected chi connectivity index (χ4v) is 1.92. The van der Waals surface area contributed by atoms with Crippen LogP contribution in [0.5, 0.6) is 0 Å². The van der Waals surface area contributed by atoms with E-state index in [1.165, 1.54) is 0 Å². The van der Waals surface area contributed by atoms with Gasteiger partial charge in [-0.3, -0.25) is 0 Å². The summed E-state index contributed by atoms with van der Waals surface area (Å²) in [7, 11) is 0. The van der Waals surface area contributed by atoms with E-state index in [4.69, 9.17) is 0 Å². The molecule has 1 unspecified atom stereocenters. The molecule has 0 aliphatic rings. The minimum Gasteiger partial charge on any atom is -0.219 e. The third-order valence-corrected chi connectivity index (χ3v) is 3.42. The quantitative estimate of drug-likeness (QED) is 0.477. The standard InChI is InChI=1S/C11F18N2/c12-3-1(5(14,8(18,19)20)7(16,17)11(27,28)29)30-4(13)2(31-3)6(15,9(21,22)23)10(24,25)26. The summed E-state index contributed by atoms with van der Waals surface area (Å²) in [6, 6.07) is 0. The summed E-state index contributed by atoms with van der Waals surface area (Å²) in [5.41, 5.74) is -22.4. The first kappa shape index (κ1) is 26.9. The zero-order valence-corrected chi connectivity index (χ0v) is 13.2. The van der Waals surface area contributed by atoms with Crippen LogP contribution in [0.1, 0.15) is 11.4 Å². The lowest BCUT2D eigenvalue weighted by Gasteiger charge is -2.35. The maximum atomic E-state index is 14.0. The third kappa shape index (κ3) is 3.70. The van der Waals surface area contributed by atoms with Gasteiger partial charge in [0, 0.05) is 0 Å². The molecule has 0 N–H and O–H groups in total. The first-order chi connectivity index (χ1) is 13.3. The Morgan fingerprint density at radius 3 is 0.871 bits per heavy atom. The van der Waals surface area contributed by atoms with E-state index in [0.717, 1.165) is 9.97 Å². The first-order valence-electron chi connectivity index (χ1n) is 6.55. The summed E-state index contributed by atoms with van der Waals surface area (Å²) in [5.74, 6) is -15.6. The molecule has 180 valence electrons. The molecule has 0 amide bonds. The SMILES string of the molecule is Fc1nc(C(F)(C(F)(F)F)C(F)(F)C(F)(F)F)c(F)nc1C(F)(C(F)(F)F)C(F)(F)F. The molecule has 0 fully saturated rings. The molecule has 0 saturated carbocycles. The van der Waals surface area contributed by atoms with Crippen LogP contribution in [-0.2, 0) is 11.3 Å². The Kier molecular flexibility index (Phi) is 5.98. The zero-order chi connectivity index (χ0) is 25.2. The highest BCUT2D eigenvalue weighted by Gasteiger charge is 2.84. The molecule has 2 nitrogen and oxygen atoms in total. The predicted octanol–water partition coefficient (Wildman–Crippen LogP) is 5.97. The summed E-state index contributed by atoms with van der Waals surface area (Å²) < 4.78 is 231. The summed E-state index contributed by atoms with van der Waals surface area (Å²) in [6.45, 7) is 0. The van der Waals surface area contributed by atoms with Gasteiger partial charge in [-0.1, -0.05) is 0 Å². The van der Waals surface area contributed by atoms with E-state index in [2.05, 4.69) is 0 Å². The zero-order valence-electron chi connectivity index (χ0n) is 13.2. The Bertz CT molecular complexity index is 815. The van der Waals surface area contributed by atoms with Crippen molar-refractivity contribution < 1.29 is 79.0 Å². The molecule has 0 bridgehead atoms. The van der Waals surface area contributed by atoms with Gasteiger partial charge < -0.3 is 0 Å². The summed E-state index contributed by atoms with van der Waals surface area (Å²) >= 11 is 0. The lowest BCUT2D eigenvalue weighted by molar-refractivity contribution is -0.391. The predicted molar refractivity (Wildman–Crippen MR) is 56.7 cm³/mol. The van der Waals surface area contributed by atoms with Crippen molar-refractivity contribution in [3.8, 4) is 0 Å². The maximum absolute atomic E-state index is 14.0. The number of hydrogen-bond donors (Lipinski definition) is 0. The molecule has 0 aromatic carbocycles. The van der Waals surface area contributed by atoms with Crippen molar-refractivity contribution in [3.05, 3.63) is 23.3 Å². The second-order valence-electron chi connectivity index (χ2n) is 5.38. The van der Waals surface area contributed by atoms with Gasteiger partial charge in [-0.2, -0.15) is 70.2 Å². The largest absolute Gasteiger partial charge is 0.457 e. The average Bonchev–Trinajstić information content (AvgIpc) is 2.50. The highest BCUT2D eigenvalue weighted by Crippen LogP contribution is 2.59. The lowest BCUT2D eigenvalue weighted by atomic mass is 9.91. The van der Waals surface area contributed by atoms with Crippen molar-refractivity contribution in [1.29, 1.82) is 0 Å². The number of halogens is 18. The van der Waals surface area contributed by atoms with E-state index >= 15 is 0 Å². The molecule has 1 rings (SSSR count). The monoisotopic (exact) mass is 502 g/mol. The van der Waals surface area contributed by atoms with Gasteiger partial charge in [0.1, 0.15) is 0 Å². The normalized spacial score (nSPS) is 17.0. The van der Waals surface area contributed by atoms with Crippen LogP contribution in [0.15, 0.2) is 0 Å². The van der Waals surface area contributed by atoms with Crippen LogP contribution in [-0.4, -0.2) is 40.6 Å². The Morgan fingerprint density at radius 1 is 0.387 bits per heavy atom. The highest BCUT2D eigenvalue weighted by atomic mass is 19.4. The molecule has 0 spiro atoms. The van der Waals surface area contributed by atoms with Gasteiger partial charge in [0.2, 0.25) is 11.9 Å². The fraction of sp³-hybridized carbons (Fsp3) is 0.636. The molecule has 0 aliphatic carbocycles. The molecule has 1 aromatic rings. The van der Waals surface area contributed by atoms with E-state index in [9.17, 15) is 79.0 Å². The van der Waals surface area contributed by atoms with Crippen LogP contribution in [0.3, 0.4) is 0 Å². The van der Waals surface area contributed by atoms with Crippen LogP contribution in [0.25, 0.3) is 0 Å². The molecule has 1 heterocycles. The lowest BCUT2D eigenvalue weighted by Crippen LogP contribution is -2.61. The van der Waals surface area contributed by atoms with Crippen LogP contribution in [0.4, 0.5) is 79.0 Å². The van der Waals surface area contributed by atoms with Gasteiger partial charge in [0.05, 0.1) is 0 Å².